The van der Waals surface area contributed by atoms with Crippen LogP contribution in [0, 0.1) is 5.92 Å². The Labute approximate surface area is 120 Å². The third kappa shape index (κ3) is 3.73. The molecule has 20 heavy (non-hydrogen) atoms. The number of esters is 1. The van der Waals surface area contributed by atoms with Crippen LogP contribution in [-0.2, 0) is 16.0 Å². The first-order valence-corrected chi connectivity index (χ1v) is 7.27. The highest BCUT2D eigenvalue weighted by Gasteiger charge is 2.31. The van der Waals surface area contributed by atoms with Gasteiger partial charge in [-0.15, -0.1) is 0 Å². The first kappa shape index (κ1) is 14.9. The summed E-state index contributed by atoms with van der Waals surface area (Å²) in [6.45, 7) is 3.27. The molecule has 2 unspecified atom stereocenters. The smallest absolute Gasteiger partial charge is 0.310 e. The number of ether oxygens (including phenoxy) is 2. The van der Waals surface area contributed by atoms with Gasteiger partial charge in [0.05, 0.1) is 19.6 Å². The highest BCUT2D eigenvalue weighted by Crippen LogP contribution is 2.22. The van der Waals surface area contributed by atoms with Gasteiger partial charge in [0.25, 0.3) is 0 Å². The first-order valence-electron chi connectivity index (χ1n) is 7.27. The Morgan fingerprint density at radius 2 is 2.10 bits per heavy atom. The Morgan fingerprint density at radius 3 is 2.75 bits per heavy atom. The average molecular weight is 277 g/mol. The fourth-order valence-electron chi connectivity index (χ4n) is 2.71. The lowest BCUT2D eigenvalue weighted by Gasteiger charge is -2.31. The molecule has 110 valence electrons. The molecular formula is C16H23NO3. The molecule has 1 fully saturated rings. The van der Waals surface area contributed by atoms with Crippen molar-refractivity contribution in [3.8, 4) is 5.75 Å². The minimum Gasteiger partial charge on any atom is -0.497 e. The van der Waals surface area contributed by atoms with Gasteiger partial charge in [-0.3, -0.25) is 4.79 Å². The van der Waals surface area contributed by atoms with Crippen molar-refractivity contribution in [2.75, 3.05) is 20.3 Å². The molecule has 1 aromatic carbocycles. The second kappa shape index (κ2) is 7.29. The lowest BCUT2D eigenvalue weighted by molar-refractivity contribution is -0.150. The van der Waals surface area contributed by atoms with Crippen LogP contribution in [-0.4, -0.2) is 32.3 Å². The van der Waals surface area contributed by atoms with Gasteiger partial charge in [0.2, 0.25) is 0 Å². The Bertz CT molecular complexity index is 430. The van der Waals surface area contributed by atoms with Gasteiger partial charge in [0.15, 0.2) is 0 Å². The number of rotatable bonds is 5. The minimum atomic E-state index is -0.0711. The summed E-state index contributed by atoms with van der Waals surface area (Å²) in [7, 11) is 1.66. The fraction of sp³-hybridized carbons (Fsp3) is 0.562. The van der Waals surface area contributed by atoms with E-state index in [1.807, 2.05) is 19.1 Å². The average Bonchev–Trinajstić information content (AvgIpc) is 2.49. The molecule has 1 aliphatic heterocycles. The van der Waals surface area contributed by atoms with Crippen molar-refractivity contribution in [1.29, 1.82) is 0 Å². The van der Waals surface area contributed by atoms with Gasteiger partial charge in [0.1, 0.15) is 5.75 Å². The van der Waals surface area contributed by atoms with E-state index in [0.29, 0.717) is 6.61 Å². The molecule has 0 aliphatic carbocycles. The molecule has 0 radical (unpaired) electrons. The van der Waals surface area contributed by atoms with E-state index in [-0.39, 0.29) is 17.9 Å². The molecule has 4 heteroatoms. The van der Waals surface area contributed by atoms with Gasteiger partial charge in [-0.2, -0.15) is 0 Å². The molecule has 0 aromatic heterocycles. The van der Waals surface area contributed by atoms with Gasteiger partial charge >= 0.3 is 5.97 Å². The van der Waals surface area contributed by atoms with Crippen LogP contribution >= 0.6 is 0 Å². The number of benzene rings is 1. The largest absolute Gasteiger partial charge is 0.497 e. The van der Waals surface area contributed by atoms with Crippen LogP contribution in [0.4, 0.5) is 0 Å². The summed E-state index contributed by atoms with van der Waals surface area (Å²) in [4.78, 5) is 12.0. The van der Waals surface area contributed by atoms with Crippen molar-refractivity contribution in [2.24, 2.45) is 5.92 Å². The second-order valence-electron chi connectivity index (χ2n) is 5.11. The van der Waals surface area contributed by atoms with Crippen LogP contribution in [0.15, 0.2) is 24.3 Å². The van der Waals surface area contributed by atoms with Crippen LogP contribution in [0.2, 0.25) is 0 Å². The van der Waals surface area contributed by atoms with E-state index in [2.05, 4.69) is 17.4 Å². The second-order valence-corrected chi connectivity index (χ2v) is 5.11. The SMILES string of the molecule is CCOC(=O)C1CCCNC1Cc1ccc(OC)cc1. The van der Waals surface area contributed by atoms with Crippen LogP contribution < -0.4 is 10.1 Å². The lowest BCUT2D eigenvalue weighted by Crippen LogP contribution is -2.46. The van der Waals surface area contributed by atoms with Gasteiger partial charge in [-0.05, 0) is 50.4 Å². The van der Waals surface area contributed by atoms with Crippen LogP contribution in [0.5, 0.6) is 5.75 Å². The number of hydrogen-bond acceptors (Lipinski definition) is 4. The molecule has 1 heterocycles. The number of piperidine rings is 1. The highest BCUT2D eigenvalue weighted by molar-refractivity contribution is 5.73. The van der Waals surface area contributed by atoms with Gasteiger partial charge in [-0.25, -0.2) is 0 Å². The summed E-state index contributed by atoms with van der Waals surface area (Å²) in [5.41, 5.74) is 1.21. The zero-order valence-electron chi connectivity index (χ0n) is 12.2. The number of carbonyl (C=O) groups is 1. The van der Waals surface area contributed by atoms with Crippen molar-refractivity contribution in [1.82, 2.24) is 5.32 Å². The predicted octanol–water partition coefficient (Wildman–Crippen LogP) is 2.17. The summed E-state index contributed by atoms with van der Waals surface area (Å²) in [5.74, 6) is 0.747. The fourth-order valence-corrected chi connectivity index (χ4v) is 2.71. The van der Waals surface area contributed by atoms with Crippen LogP contribution in [0.1, 0.15) is 25.3 Å². The molecule has 2 rings (SSSR count). The van der Waals surface area contributed by atoms with E-state index in [0.717, 1.165) is 31.6 Å². The third-order valence-corrected chi connectivity index (χ3v) is 3.79. The summed E-state index contributed by atoms with van der Waals surface area (Å²) in [6.07, 6.45) is 2.78. The predicted molar refractivity (Wildman–Crippen MR) is 77.8 cm³/mol. The maximum absolute atomic E-state index is 12.0. The molecule has 1 aliphatic rings. The van der Waals surface area contributed by atoms with E-state index in [1.165, 1.54) is 5.56 Å². The van der Waals surface area contributed by atoms with Gasteiger partial charge < -0.3 is 14.8 Å². The van der Waals surface area contributed by atoms with E-state index < -0.39 is 0 Å². The highest BCUT2D eigenvalue weighted by atomic mass is 16.5. The molecule has 1 saturated heterocycles. The topological polar surface area (TPSA) is 47.6 Å². The molecule has 1 aromatic rings. The van der Waals surface area contributed by atoms with E-state index in [9.17, 15) is 4.79 Å². The zero-order valence-corrected chi connectivity index (χ0v) is 12.2. The monoisotopic (exact) mass is 277 g/mol. The molecule has 0 bridgehead atoms. The summed E-state index contributed by atoms with van der Waals surface area (Å²) in [5, 5.41) is 3.45. The normalized spacial score (nSPS) is 22.3. The molecule has 2 atom stereocenters. The van der Waals surface area contributed by atoms with E-state index in [1.54, 1.807) is 7.11 Å². The van der Waals surface area contributed by atoms with E-state index >= 15 is 0 Å². The zero-order chi connectivity index (χ0) is 14.4. The molecule has 0 saturated carbocycles. The van der Waals surface area contributed by atoms with Gasteiger partial charge in [0, 0.05) is 6.04 Å². The van der Waals surface area contributed by atoms with Crippen molar-refractivity contribution in [3.63, 3.8) is 0 Å². The Balaban J connectivity index is 2.02. The third-order valence-electron chi connectivity index (χ3n) is 3.79. The number of hydrogen-bond donors (Lipinski definition) is 1. The van der Waals surface area contributed by atoms with Crippen molar-refractivity contribution >= 4 is 5.97 Å². The number of methoxy groups -OCH3 is 1. The van der Waals surface area contributed by atoms with Crippen LogP contribution in [0.3, 0.4) is 0 Å². The molecule has 4 nitrogen and oxygen atoms in total. The maximum atomic E-state index is 12.0. The van der Waals surface area contributed by atoms with Crippen molar-refractivity contribution < 1.29 is 14.3 Å². The number of nitrogens with one attached hydrogen (secondary N) is 1. The standard InChI is InChI=1S/C16H23NO3/c1-3-20-16(18)14-5-4-10-17-15(14)11-12-6-8-13(19-2)9-7-12/h6-9,14-15,17H,3-5,10-11H2,1-2H3. The lowest BCUT2D eigenvalue weighted by atomic mass is 9.87. The van der Waals surface area contributed by atoms with Crippen molar-refractivity contribution in [3.05, 3.63) is 29.8 Å². The Morgan fingerprint density at radius 1 is 1.35 bits per heavy atom. The molecule has 0 amide bonds. The quantitative estimate of drug-likeness (QED) is 0.838. The molecular weight excluding hydrogens is 254 g/mol. The van der Waals surface area contributed by atoms with Crippen molar-refractivity contribution in [2.45, 2.75) is 32.2 Å². The maximum Gasteiger partial charge on any atom is 0.310 e. The molecule has 1 N–H and O–H groups in total. The van der Waals surface area contributed by atoms with E-state index in [4.69, 9.17) is 9.47 Å². The summed E-state index contributed by atoms with van der Waals surface area (Å²) in [6, 6.07) is 8.18. The summed E-state index contributed by atoms with van der Waals surface area (Å²) >= 11 is 0. The first-order chi connectivity index (χ1) is 9.74. The van der Waals surface area contributed by atoms with Crippen LogP contribution in [0.25, 0.3) is 0 Å². The van der Waals surface area contributed by atoms with Gasteiger partial charge in [-0.1, -0.05) is 12.1 Å². The number of carbonyl (C=O) groups excluding carboxylic acids is 1. The minimum absolute atomic E-state index is 0.0363. The molecule has 0 spiro atoms. The Hall–Kier alpha value is -1.55. The summed E-state index contributed by atoms with van der Waals surface area (Å²) < 4.78 is 10.3. The Kier molecular flexibility index (Phi) is 5.41.